The van der Waals surface area contributed by atoms with Gasteiger partial charge < -0.3 is 5.32 Å². The summed E-state index contributed by atoms with van der Waals surface area (Å²) in [7, 11) is 0. The Labute approximate surface area is 154 Å². The fourth-order valence-corrected chi connectivity index (χ4v) is 3.43. The summed E-state index contributed by atoms with van der Waals surface area (Å²) in [6.45, 7) is 5.01. The Balaban J connectivity index is 1.61. The zero-order valence-corrected chi connectivity index (χ0v) is 15.4. The van der Waals surface area contributed by atoms with E-state index in [-0.39, 0.29) is 11.8 Å². The third kappa shape index (κ3) is 3.95. The molecule has 26 heavy (non-hydrogen) atoms. The van der Waals surface area contributed by atoms with Crippen molar-refractivity contribution in [3.05, 3.63) is 47.7 Å². The summed E-state index contributed by atoms with van der Waals surface area (Å²) in [4.78, 5) is 26.8. The Morgan fingerprint density at radius 3 is 2.81 bits per heavy atom. The van der Waals surface area contributed by atoms with E-state index in [0.29, 0.717) is 25.9 Å². The van der Waals surface area contributed by atoms with Gasteiger partial charge in [-0.1, -0.05) is 37.3 Å². The van der Waals surface area contributed by atoms with Crippen LogP contribution in [0.5, 0.6) is 0 Å². The second-order valence-electron chi connectivity index (χ2n) is 6.69. The Bertz CT molecular complexity index is 769. The first kappa shape index (κ1) is 18.2. The van der Waals surface area contributed by atoms with Crippen molar-refractivity contribution in [3.63, 3.8) is 0 Å². The summed E-state index contributed by atoms with van der Waals surface area (Å²) >= 11 is 0. The predicted octanol–water partition coefficient (Wildman–Crippen LogP) is 2.46. The van der Waals surface area contributed by atoms with Crippen LogP contribution in [0.3, 0.4) is 0 Å². The fraction of sp³-hybridized carbons (Fsp3) is 0.450. The summed E-state index contributed by atoms with van der Waals surface area (Å²) in [5.41, 5.74) is 2.12. The number of benzene rings is 1. The lowest BCUT2D eigenvalue weighted by Gasteiger charge is -2.33. The van der Waals surface area contributed by atoms with Crippen LogP contribution in [-0.4, -0.2) is 34.2 Å². The molecule has 6 nitrogen and oxygen atoms in total. The zero-order chi connectivity index (χ0) is 18.5. The Hall–Kier alpha value is -2.63. The second kappa shape index (κ2) is 8.17. The van der Waals surface area contributed by atoms with Crippen LogP contribution in [-0.2, 0) is 22.6 Å². The van der Waals surface area contributed by atoms with Gasteiger partial charge >= 0.3 is 0 Å². The van der Waals surface area contributed by atoms with Crippen LogP contribution in [0.4, 0.5) is 5.82 Å². The van der Waals surface area contributed by atoms with Gasteiger partial charge in [0.25, 0.3) is 0 Å². The maximum Gasteiger partial charge on any atom is 0.243 e. The molecule has 1 unspecified atom stereocenters. The maximum absolute atomic E-state index is 12.7. The van der Waals surface area contributed by atoms with E-state index < -0.39 is 6.04 Å². The topological polar surface area (TPSA) is 67.2 Å². The SMILES string of the molecule is CCC(C(=O)NCCCc1ccccc1)N1C(=O)CCn2nc(C)cc21. The number of anilines is 1. The molecule has 0 fully saturated rings. The van der Waals surface area contributed by atoms with Gasteiger partial charge in [0.05, 0.1) is 12.2 Å². The van der Waals surface area contributed by atoms with E-state index >= 15 is 0 Å². The van der Waals surface area contributed by atoms with Crippen molar-refractivity contribution in [1.82, 2.24) is 15.1 Å². The molecule has 138 valence electrons. The summed E-state index contributed by atoms with van der Waals surface area (Å²) in [6.07, 6.45) is 2.75. The van der Waals surface area contributed by atoms with Gasteiger partial charge in [-0.2, -0.15) is 5.10 Å². The highest BCUT2D eigenvalue weighted by atomic mass is 16.2. The molecule has 1 aromatic carbocycles. The molecule has 0 radical (unpaired) electrons. The Morgan fingerprint density at radius 1 is 1.31 bits per heavy atom. The molecule has 1 aliphatic heterocycles. The van der Waals surface area contributed by atoms with Gasteiger partial charge in [-0.25, -0.2) is 4.68 Å². The van der Waals surface area contributed by atoms with Crippen LogP contribution >= 0.6 is 0 Å². The van der Waals surface area contributed by atoms with Crippen molar-refractivity contribution >= 4 is 17.6 Å². The minimum absolute atomic E-state index is 0.0105. The van der Waals surface area contributed by atoms with E-state index in [9.17, 15) is 9.59 Å². The number of nitrogens with one attached hydrogen (secondary N) is 1. The number of fused-ring (bicyclic) bond motifs is 1. The standard InChI is InChI=1S/C20H26N4O2/c1-3-17(20(26)21-12-7-10-16-8-5-4-6-9-16)24-18-14-15(2)22-23(18)13-11-19(24)25/h4-6,8-9,14,17H,3,7,10-13H2,1-2H3,(H,21,26). The Kier molecular flexibility index (Phi) is 5.71. The number of aryl methyl sites for hydroxylation is 3. The lowest BCUT2D eigenvalue weighted by atomic mass is 10.1. The number of carbonyl (C=O) groups is 2. The number of hydrogen-bond acceptors (Lipinski definition) is 3. The third-order valence-corrected chi connectivity index (χ3v) is 4.72. The van der Waals surface area contributed by atoms with E-state index in [1.54, 1.807) is 4.90 Å². The van der Waals surface area contributed by atoms with E-state index in [2.05, 4.69) is 22.5 Å². The molecule has 0 aliphatic carbocycles. The van der Waals surface area contributed by atoms with E-state index in [1.165, 1.54) is 5.56 Å². The third-order valence-electron chi connectivity index (χ3n) is 4.72. The first-order valence-corrected chi connectivity index (χ1v) is 9.28. The highest BCUT2D eigenvalue weighted by Gasteiger charge is 2.34. The molecule has 2 heterocycles. The average Bonchev–Trinajstić information content (AvgIpc) is 3.02. The molecule has 0 bridgehead atoms. The van der Waals surface area contributed by atoms with E-state index in [4.69, 9.17) is 0 Å². The van der Waals surface area contributed by atoms with Gasteiger partial charge in [-0.05, 0) is 31.7 Å². The van der Waals surface area contributed by atoms with Gasteiger partial charge in [0.2, 0.25) is 11.8 Å². The normalized spacial score (nSPS) is 14.8. The lowest BCUT2D eigenvalue weighted by molar-refractivity contribution is -0.127. The summed E-state index contributed by atoms with van der Waals surface area (Å²) in [5.74, 6) is 0.620. The number of hydrogen-bond donors (Lipinski definition) is 1. The van der Waals surface area contributed by atoms with Crippen molar-refractivity contribution in [1.29, 1.82) is 0 Å². The summed E-state index contributed by atoms with van der Waals surface area (Å²) in [5, 5.41) is 7.41. The highest BCUT2D eigenvalue weighted by Crippen LogP contribution is 2.26. The fourth-order valence-electron chi connectivity index (χ4n) is 3.43. The van der Waals surface area contributed by atoms with Crippen LogP contribution in [0.15, 0.2) is 36.4 Å². The number of nitrogens with zero attached hydrogens (tertiary/aromatic N) is 3. The molecular weight excluding hydrogens is 328 g/mol. The predicted molar refractivity (Wildman–Crippen MR) is 101 cm³/mol. The largest absolute Gasteiger partial charge is 0.354 e. The molecule has 0 saturated heterocycles. The highest BCUT2D eigenvalue weighted by molar-refractivity contribution is 6.00. The van der Waals surface area contributed by atoms with Crippen molar-refractivity contribution in [2.45, 2.75) is 52.1 Å². The number of amides is 2. The first-order chi connectivity index (χ1) is 12.6. The van der Waals surface area contributed by atoms with Gasteiger partial charge in [0, 0.05) is 19.0 Å². The minimum atomic E-state index is -0.491. The maximum atomic E-state index is 12.7. The molecule has 1 aromatic heterocycles. The van der Waals surface area contributed by atoms with Crippen molar-refractivity contribution < 1.29 is 9.59 Å². The molecule has 0 saturated carbocycles. The van der Waals surface area contributed by atoms with Gasteiger partial charge in [-0.15, -0.1) is 0 Å². The second-order valence-corrected chi connectivity index (χ2v) is 6.69. The van der Waals surface area contributed by atoms with E-state index in [0.717, 1.165) is 24.4 Å². The first-order valence-electron chi connectivity index (χ1n) is 9.28. The van der Waals surface area contributed by atoms with E-state index in [1.807, 2.05) is 42.8 Å². The van der Waals surface area contributed by atoms with Gasteiger partial charge in [0.1, 0.15) is 11.9 Å². The van der Waals surface area contributed by atoms with Crippen LogP contribution in [0, 0.1) is 6.92 Å². The zero-order valence-electron chi connectivity index (χ0n) is 15.4. The van der Waals surface area contributed by atoms with Gasteiger partial charge in [-0.3, -0.25) is 14.5 Å². The molecule has 6 heteroatoms. The molecule has 1 N–H and O–H groups in total. The van der Waals surface area contributed by atoms with Crippen molar-refractivity contribution in [2.75, 3.05) is 11.4 Å². The quantitative estimate of drug-likeness (QED) is 0.777. The molecule has 3 rings (SSSR count). The number of rotatable bonds is 7. The van der Waals surface area contributed by atoms with Crippen LogP contribution in [0.25, 0.3) is 0 Å². The van der Waals surface area contributed by atoms with Crippen molar-refractivity contribution in [3.8, 4) is 0 Å². The molecule has 1 aliphatic rings. The van der Waals surface area contributed by atoms with Crippen LogP contribution in [0.1, 0.15) is 37.4 Å². The van der Waals surface area contributed by atoms with Crippen LogP contribution in [0.2, 0.25) is 0 Å². The summed E-state index contributed by atoms with van der Waals surface area (Å²) in [6, 6.07) is 11.6. The molecule has 2 amide bonds. The number of aromatic nitrogens is 2. The average molecular weight is 354 g/mol. The minimum Gasteiger partial charge on any atom is -0.354 e. The Morgan fingerprint density at radius 2 is 2.08 bits per heavy atom. The molecular formula is C20H26N4O2. The number of carbonyl (C=O) groups excluding carboxylic acids is 2. The lowest BCUT2D eigenvalue weighted by Crippen LogP contribution is -2.52. The summed E-state index contributed by atoms with van der Waals surface area (Å²) < 4.78 is 1.82. The molecule has 1 atom stereocenters. The molecule has 2 aromatic rings. The van der Waals surface area contributed by atoms with Crippen LogP contribution < -0.4 is 10.2 Å². The van der Waals surface area contributed by atoms with Gasteiger partial charge in [0.15, 0.2) is 0 Å². The smallest absolute Gasteiger partial charge is 0.243 e. The van der Waals surface area contributed by atoms with Crippen molar-refractivity contribution in [2.24, 2.45) is 0 Å². The monoisotopic (exact) mass is 354 g/mol. The molecule has 0 spiro atoms.